The van der Waals surface area contributed by atoms with Gasteiger partial charge >= 0.3 is 0 Å². The molecule has 1 atom stereocenters. The van der Waals surface area contributed by atoms with E-state index < -0.39 is 0 Å². The molecule has 1 amide bonds. The van der Waals surface area contributed by atoms with Gasteiger partial charge in [0.05, 0.1) is 12.6 Å². The highest BCUT2D eigenvalue weighted by Crippen LogP contribution is 2.15. The zero-order valence-corrected chi connectivity index (χ0v) is 16.6. The Morgan fingerprint density at radius 3 is 2.76 bits per heavy atom. The summed E-state index contributed by atoms with van der Waals surface area (Å²) < 4.78 is 11.2. The fraction of sp³-hybridized carbons (Fsp3) is 0.600. The summed E-state index contributed by atoms with van der Waals surface area (Å²) in [5.74, 6) is 1.14. The lowest BCUT2D eigenvalue weighted by Crippen LogP contribution is -2.46. The minimum absolute atomic E-state index is 0.193. The van der Waals surface area contributed by atoms with Crippen LogP contribution in [0.5, 0.6) is 0 Å². The van der Waals surface area contributed by atoms with Crippen LogP contribution < -0.4 is 10.2 Å². The van der Waals surface area contributed by atoms with Gasteiger partial charge in [0.15, 0.2) is 5.69 Å². The van der Waals surface area contributed by atoms with Crippen LogP contribution in [-0.4, -0.2) is 71.2 Å². The van der Waals surface area contributed by atoms with Crippen molar-refractivity contribution >= 4 is 11.9 Å². The molecule has 0 spiro atoms. The third-order valence-corrected chi connectivity index (χ3v) is 5.38. The molecular weight excluding hydrogens is 372 g/mol. The highest BCUT2D eigenvalue weighted by Gasteiger charge is 2.21. The fourth-order valence-electron chi connectivity index (χ4n) is 3.71. The lowest BCUT2D eigenvalue weighted by atomic mass is 10.1. The number of anilines is 1. The minimum Gasteiger partial charge on any atom is -0.447 e. The molecule has 29 heavy (non-hydrogen) atoms. The molecule has 2 aliphatic rings. The van der Waals surface area contributed by atoms with E-state index in [-0.39, 0.29) is 12.0 Å². The molecule has 2 fully saturated rings. The zero-order valence-electron chi connectivity index (χ0n) is 16.6. The van der Waals surface area contributed by atoms with Crippen LogP contribution in [0.2, 0.25) is 0 Å². The number of oxazole rings is 1. The standard InChI is InChI=1S/C20H28N6O3/c27-19(21-8-5-16-4-1-2-13-28-16)17-15-29-18(24-17)14-25-9-11-26(12-10-25)20-22-6-3-7-23-20/h3,6-7,15-16H,1-2,4-5,8-14H2,(H,21,27)/t16-/m1/s1. The van der Waals surface area contributed by atoms with Gasteiger partial charge in [0, 0.05) is 51.7 Å². The van der Waals surface area contributed by atoms with E-state index in [1.54, 1.807) is 12.4 Å². The van der Waals surface area contributed by atoms with Gasteiger partial charge in [-0.1, -0.05) is 0 Å². The normalized spacial score (nSPS) is 20.6. The van der Waals surface area contributed by atoms with E-state index in [2.05, 4.69) is 30.1 Å². The van der Waals surface area contributed by atoms with E-state index in [1.165, 1.54) is 12.7 Å². The molecule has 9 nitrogen and oxygen atoms in total. The van der Waals surface area contributed by atoms with Crippen molar-refractivity contribution in [3.05, 3.63) is 36.3 Å². The molecular formula is C20H28N6O3. The Morgan fingerprint density at radius 2 is 2.00 bits per heavy atom. The first-order valence-electron chi connectivity index (χ1n) is 10.4. The lowest BCUT2D eigenvalue weighted by molar-refractivity contribution is 0.0117. The minimum atomic E-state index is -0.193. The number of ether oxygens (including phenoxy) is 1. The SMILES string of the molecule is O=C(NCC[C@H]1CCCCO1)c1coc(CN2CCN(c3ncccn3)CC2)n1. The van der Waals surface area contributed by atoms with Gasteiger partial charge in [-0.05, 0) is 31.7 Å². The first-order chi connectivity index (χ1) is 14.3. The Labute approximate surface area is 170 Å². The topological polar surface area (TPSA) is 96.6 Å². The summed E-state index contributed by atoms with van der Waals surface area (Å²) in [5.41, 5.74) is 0.334. The van der Waals surface area contributed by atoms with E-state index in [0.29, 0.717) is 24.7 Å². The summed E-state index contributed by atoms with van der Waals surface area (Å²) in [4.78, 5) is 29.7. The van der Waals surface area contributed by atoms with Crippen molar-refractivity contribution in [2.75, 3.05) is 44.2 Å². The average Bonchev–Trinajstić information content (AvgIpc) is 3.24. The molecule has 0 radical (unpaired) electrons. The summed E-state index contributed by atoms with van der Waals surface area (Å²) in [6.07, 6.45) is 9.48. The van der Waals surface area contributed by atoms with Gasteiger partial charge < -0.3 is 19.4 Å². The summed E-state index contributed by atoms with van der Waals surface area (Å²) >= 11 is 0. The first-order valence-corrected chi connectivity index (χ1v) is 10.4. The van der Waals surface area contributed by atoms with Crippen molar-refractivity contribution in [3.63, 3.8) is 0 Å². The van der Waals surface area contributed by atoms with Crippen molar-refractivity contribution in [2.45, 2.75) is 38.3 Å². The third-order valence-electron chi connectivity index (χ3n) is 5.38. The molecule has 4 heterocycles. The van der Waals surface area contributed by atoms with Gasteiger partial charge in [-0.2, -0.15) is 0 Å². The fourth-order valence-corrected chi connectivity index (χ4v) is 3.71. The molecule has 156 valence electrons. The third kappa shape index (κ3) is 5.51. The van der Waals surface area contributed by atoms with Crippen LogP contribution in [0.1, 0.15) is 42.1 Å². The molecule has 2 aliphatic heterocycles. The van der Waals surface area contributed by atoms with Gasteiger partial charge in [-0.15, -0.1) is 0 Å². The number of amides is 1. The number of carbonyl (C=O) groups excluding carboxylic acids is 1. The molecule has 2 aromatic rings. The van der Waals surface area contributed by atoms with Gasteiger partial charge in [-0.25, -0.2) is 15.0 Å². The number of aromatic nitrogens is 3. The number of nitrogens with zero attached hydrogens (tertiary/aromatic N) is 5. The second kappa shape index (κ2) is 9.80. The molecule has 0 unspecified atom stereocenters. The maximum absolute atomic E-state index is 12.3. The molecule has 0 bridgehead atoms. The number of piperazine rings is 1. The lowest BCUT2D eigenvalue weighted by Gasteiger charge is -2.33. The van der Waals surface area contributed by atoms with E-state index in [4.69, 9.17) is 9.15 Å². The smallest absolute Gasteiger partial charge is 0.273 e. The van der Waals surface area contributed by atoms with Crippen molar-refractivity contribution < 1.29 is 13.9 Å². The van der Waals surface area contributed by atoms with Crippen molar-refractivity contribution in [3.8, 4) is 0 Å². The van der Waals surface area contributed by atoms with Crippen LogP contribution in [0.15, 0.2) is 29.1 Å². The van der Waals surface area contributed by atoms with Crippen molar-refractivity contribution in [1.29, 1.82) is 0 Å². The molecule has 9 heteroatoms. The number of rotatable bonds is 7. The molecule has 4 rings (SSSR count). The molecule has 1 N–H and O–H groups in total. The van der Waals surface area contributed by atoms with Gasteiger partial charge in [0.25, 0.3) is 5.91 Å². The Kier molecular flexibility index (Phi) is 6.68. The van der Waals surface area contributed by atoms with Gasteiger partial charge in [0.1, 0.15) is 6.26 Å². The summed E-state index contributed by atoms with van der Waals surface area (Å²) in [6.45, 7) is 5.44. The van der Waals surface area contributed by atoms with Crippen molar-refractivity contribution in [2.24, 2.45) is 0 Å². The Hall–Kier alpha value is -2.52. The van der Waals surface area contributed by atoms with Crippen LogP contribution in [-0.2, 0) is 11.3 Å². The highest BCUT2D eigenvalue weighted by molar-refractivity contribution is 5.91. The molecule has 0 saturated carbocycles. The summed E-state index contributed by atoms with van der Waals surface area (Å²) in [7, 11) is 0. The van der Waals surface area contributed by atoms with E-state index in [9.17, 15) is 4.79 Å². The number of hydrogen-bond donors (Lipinski definition) is 1. The maximum Gasteiger partial charge on any atom is 0.273 e. The number of nitrogens with one attached hydrogen (secondary N) is 1. The Bertz CT molecular complexity index is 770. The molecule has 2 saturated heterocycles. The predicted molar refractivity (Wildman–Crippen MR) is 107 cm³/mol. The second-order valence-corrected chi connectivity index (χ2v) is 7.47. The van der Waals surface area contributed by atoms with Crippen LogP contribution in [0.3, 0.4) is 0 Å². The largest absolute Gasteiger partial charge is 0.447 e. The molecule has 0 aromatic carbocycles. The monoisotopic (exact) mass is 400 g/mol. The summed E-state index contributed by atoms with van der Waals surface area (Å²) in [5, 5.41) is 2.91. The Morgan fingerprint density at radius 1 is 1.17 bits per heavy atom. The predicted octanol–water partition coefficient (Wildman–Crippen LogP) is 1.48. The number of carbonyl (C=O) groups is 1. The number of hydrogen-bond acceptors (Lipinski definition) is 8. The van der Waals surface area contributed by atoms with Crippen LogP contribution in [0.4, 0.5) is 5.95 Å². The maximum atomic E-state index is 12.3. The van der Waals surface area contributed by atoms with Crippen molar-refractivity contribution in [1.82, 2.24) is 25.2 Å². The van der Waals surface area contributed by atoms with Crippen LogP contribution >= 0.6 is 0 Å². The quantitative estimate of drug-likeness (QED) is 0.746. The average molecular weight is 400 g/mol. The van der Waals surface area contributed by atoms with Gasteiger partial charge in [0.2, 0.25) is 11.8 Å². The van der Waals surface area contributed by atoms with E-state index in [1.807, 2.05) is 6.07 Å². The zero-order chi connectivity index (χ0) is 19.9. The molecule has 2 aromatic heterocycles. The first kappa shape index (κ1) is 19.8. The molecule has 0 aliphatic carbocycles. The summed E-state index contributed by atoms with van der Waals surface area (Å²) in [6, 6.07) is 1.82. The van der Waals surface area contributed by atoms with Crippen LogP contribution in [0.25, 0.3) is 0 Å². The van der Waals surface area contributed by atoms with E-state index >= 15 is 0 Å². The van der Waals surface area contributed by atoms with E-state index in [0.717, 1.165) is 58.0 Å². The second-order valence-electron chi connectivity index (χ2n) is 7.47. The van der Waals surface area contributed by atoms with Crippen LogP contribution in [0, 0.1) is 0 Å². The highest BCUT2D eigenvalue weighted by atomic mass is 16.5. The van der Waals surface area contributed by atoms with Gasteiger partial charge in [-0.3, -0.25) is 9.69 Å². The Balaban J connectivity index is 1.19.